The van der Waals surface area contributed by atoms with Crippen LogP contribution in [0.5, 0.6) is 0 Å². The molecule has 1 atom stereocenters. The molecule has 0 aliphatic carbocycles. The van der Waals surface area contributed by atoms with Gasteiger partial charge in [-0.2, -0.15) is 8.78 Å². The number of piperidine rings is 1. The maximum Gasteiger partial charge on any atom is 0.290 e. The van der Waals surface area contributed by atoms with Crippen LogP contribution < -0.4 is 10.2 Å². The van der Waals surface area contributed by atoms with Crippen molar-refractivity contribution in [1.29, 1.82) is 0 Å². The lowest BCUT2D eigenvalue weighted by molar-refractivity contribution is -0.132. The van der Waals surface area contributed by atoms with E-state index in [1.165, 1.54) is 13.0 Å². The van der Waals surface area contributed by atoms with Crippen molar-refractivity contribution in [2.75, 3.05) is 25.0 Å². The lowest BCUT2D eigenvalue weighted by Gasteiger charge is -2.34. The van der Waals surface area contributed by atoms with Crippen molar-refractivity contribution in [2.24, 2.45) is 0 Å². The summed E-state index contributed by atoms with van der Waals surface area (Å²) in [6.07, 6.45) is 2.79. The maximum absolute atomic E-state index is 14.6. The van der Waals surface area contributed by atoms with Crippen LogP contribution in [0.4, 0.5) is 14.5 Å². The molecule has 28 heavy (non-hydrogen) atoms. The molecule has 2 aliphatic rings. The largest absolute Gasteiger partial charge is 0.362 e. The molecule has 5 nitrogen and oxygen atoms in total. The first-order valence-electron chi connectivity index (χ1n) is 9.26. The van der Waals surface area contributed by atoms with Crippen LogP contribution in [0.15, 0.2) is 36.6 Å². The van der Waals surface area contributed by atoms with Gasteiger partial charge in [-0.25, -0.2) is 0 Å². The fourth-order valence-corrected chi connectivity index (χ4v) is 3.83. The topological polar surface area (TPSA) is 52.7 Å². The summed E-state index contributed by atoms with van der Waals surface area (Å²) in [5.74, 6) is -3.57. The number of nitrogens with zero attached hydrogens (tertiary/aromatic N) is 2. The van der Waals surface area contributed by atoms with Gasteiger partial charge in [-0.15, -0.1) is 0 Å². The Kier molecular flexibility index (Phi) is 5.28. The molecular formula is C21H25F2N3O2. The Hall–Kier alpha value is -2.70. The number of likely N-dealkylation sites (N-methyl/N-ethyl adjacent to an activating group) is 1. The number of halogens is 2. The number of hydrogen-bond acceptors (Lipinski definition) is 3. The predicted molar refractivity (Wildman–Crippen MR) is 105 cm³/mol. The normalized spacial score (nSPS) is 21.8. The average Bonchev–Trinajstić information content (AvgIpc) is 2.60. The fourth-order valence-electron chi connectivity index (χ4n) is 3.83. The Morgan fingerprint density at radius 2 is 2.11 bits per heavy atom. The van der Waals surface area contributed by atoms with Crippen LogP contribution in [0.25, 0.3) is 5.57 Å². The van der Waals surface area contributed by atoms with Gasteiger partial charge >= 0.3 is 0 Å². The minimum atomic E-state index is -3.10. The lowest BCUT2D eigenvalue weighted by atomic mass is 9.93. The van der Waals surface area contributed by atoms with Gasteiger partial charge in [0.25, 0.3) is 5.92 Å². The highest BCUT2D eigenvalue weighted by Gasteiger charge is 2.40. The van der Waals surface area contributed by atoms with Crippen LogP contribution in [0.2, 0.25) is 0 Å². The second-order valence-corrected chi connectivity index (χ2v) is 7.48. The molecule has 1 N–H and O–H groups in total. The fraction of sp³-hybridized carbons (Fsp3) is 0.429. The van der Waals surface area contributed by atoms with E-state index in [2.05, 4.69) is 11.9 Å². The highest BCUT2D eigenvalue weighted by molar-refractivity contribution is 5.88. The molecule has 7 heteroatoms. The Labute approximate surface area is 163 Å². The van der Waals surface area contributed by atoms with Crippen molar-refractivity contribution >= 4 is 23.1 Å². The second-order valence-electron chi connectivity index (χ2n) is 7.48. The molecule has 0 saturated carbocycles. The number of carbonyl (C=O) groups is 2. The number of rotatable bonds is 3. The molecule has 1 saturated heterocycles. The highest BCUT2D eigenvalue weighted by atomic mass is 19.3. The van der Waals surface area contributed by atoms with Crippen LogP contribution in [-0.4, -0.2) is 48.8 Å². The van der Waals surface area contributed by atoms with E-state index in [-0.39, 0.29) is 30.0 Å². The Balaban J connectivity index is 1.85. The Morgan fingerprint density at radius 1 is 1.39 bits per heavy atom. The first kappa shape index (κ1) is 20.0. The molecule has 2 aliphatic heterocycles. The first-order chi connectivity index (χ1) is 13.1. The van der Waals surface area contributed by atoms with Crippen LogP contribution in [0.1, 0.15) is 30.9 Å². The van der Waals surface area contributed by atoms with Crippen molar-refractivity contribution in [2.45, 2.75) is 38.7 Å². The zero-order valence-corrected chi connectivity index (χ0v) is 16.4. The monoisotopic (exact) mass is 389 g/mol. The molecule has 1 unspecified atom stereocenters. The minimum absolute atomic E-state index is 0.0611. The summed E-state index contributed by atoms with van der Waals surface area (Å²) in [7, 11) is 1.83. The van der Waals surface area contributed by atoms with Gasteiger partial charge in [-0.3, -0.25) is 9.59 Å². The molecule has 1 aromatic carbocycles. The predicted octanol–water partition coefficient (Wildman–Crippen LogP) is 3.10. The number of carbonyl (C=O) groups excluding carboxylic acids is 2. The first-order valence-corrected chi connectivity index (χ1v) is 9.26. The summed E-state index contributed by atoms with van der Waals surface area (Å²) >= 11 is 0. The van der Waals surface area contributed by atoms with E-state index in [9.17, 15) is 18.4 Å². The molecule has 1 fully saturated rings. The summed E-state index contributed by atoms with van der Waals surface area (Å²) in [4.78, 5) is 26.7. The molecule has 1 aromatic rings. The zero-order chi connectivity index (χ0) is 20.6. The van der Waals surface area contributed by atoms with E-state index in [0.717, 1.165) is 16.2 Å². The van der Waals surface area contributed by atoms with Crippen LogP contribution in [-0.2, 0) is 9.59 Å². The molecule has 150 valence electrons. The van der Waals surface area contributed by atoms with Crippen molar-refractivity contribution in [3.63, 3.8) is 0 Å². The number of hydrogen-bond donors (Lipinski definition) is 1. The van der Waals surface area contributed by atoms with E-state index in [1.807, 2.05) is 18.9 Å². The summed E-state index contributed by atoms with van der Waals surface area (Å²) in [6.45, 7) is 6.49. The SMILES string of the molecule is C=C1CCC(N(C)c2ccc(C3=CCN(C(C)=O)CC3(F)F)cc2C)C(=O)N1. The number of allylic oxidation sites excluding steroid dienone is 1. The third kappa shape index (κ3) is 3.79. The average molecular weight is 389 g/mol. The molecule has 2 heterocycles. The van der Waals surface area contributed by atoms with E-state index >= 15 is 0 Å². The van der Waals surface area contributed by atoms with E-state index in [0.29, 0.717) is 24.1 Å². The molecule has 0 bridgehead atoms. The van der Waals surface area contributed by atoms with Gasteiger partial charge in [0.1, 0.15) is 6.04 Å². The van der Waals surface area contributed by atoms with E-state index in [1.54, 1.807) is 18.2 Å². The summed E-state index contributed by atoms with van der Waals surface area (Å²) in [5.41, 5.74) is 2.72. The van der Waals surface area contributed by atoms with Crippen molar-refractivity contribution < 1.29 is 18.4 Å². The van der Waals surface area contributed by atoms with E-state index < -0.39 is 12.5 Å². The number of benzene rings is 1. The Morgan fingerprint density at radius 3 is 2.68 bits per heavy atom. The van der Waals surface area contributed by atoms with Gasteiger partial charge in [0.05, 0.1) is 6.54 Å². The smallest absolute Gasteiger partial charge is 0.290 e. The third-order valence-electron chi connectivity index (χ3n) is 5.42. The number of alkyl halides is 2. The summed E-state index contributed by atoms with van der Waals surface area (Å²) in [5, 5.41) is 2.77. The quantitative estimate of drug-likeness (QED) is 0.864. The molecule has 0 spiro atoms. The summed E-state index contributed by atoms with van der Waals surface area (Å²) < 4.78 is 29.2. The maximum atomic E-state index is 14.6. The molecule has 0 aromatic heterocycles. The van der Waals surface area contributed by atoms with Crippen molar-refractivity contribution in [1.82, 2.24) is 10.2 Å². The van der Waals surface area contributed by atoms with Gasteiger partial charge in [0.2, 0.25) is 11.8 Å². The van der Waals surface area contributed by atoms with Crippen LogP contribution in [0.3, 0.4) is 0 Å². The van der Waals surface area contributed by atoms with Gasteiger partial charge in [0.15, 0.2) is 0 Å². The lowest BCUT2D eigenvalue weighted by Crippen LogP contribution is -2.48. The van der Waals surface area contributed by atoms with Gasteiger partial charge in [-0.05, 0) is 43.0 Å². The molecule has 2 amide bonds. The zero-order valence-electron chi connectivity index (χ0n) is 16.4. The number of nitrogens with one attached hydrogen (secondary N) is 1. The van der Waals surface area contributed by atoms with Crippen molar-refractivity contribution in [3.8, 4) is 0 Å². The standard InChI is InChI=1S/C21H25F2N3O2/c1-13-11-16(17-9-10-26(15(3)27)12-21(17,22)23)6-8-18(13)25(4)19-7-5-14(2)24-20(19)28/h6,8-9,11,19H,2,5,7,10,12H2,1,3-4H3,(H,24,28). The molecule has 0 radical (unpaired) electrons. The second kappa shape index (κ2) is 7.37. The highest BCUT2D eigenvalue weighted by Crippen LogP contribution is 2.38. The van der Waals surface area contributed by atoms with Crippen LogP contribution >= 0.6 is 0 Å². The van der Waals surface area contributed by atoms with E-state index in [4.69, 9.17) is 0 Å². The minimum Gasteiger partial charge on any atom is -0.362 e. The molecular weight excluding hydrogens is 364 g/mol. The molecule has 3 rings (SSSR count). The Bertz CT molecular complexity index is 863. The number of anilines is 1. The van der Waals surface area contributed by atoms with Crippen LogP contribution in [0, 0.1) is 6.92 Å². The summed E-state index contributed by atoms with van der Waals surface area (Å²) in [6, 6.07) is 4.82. The third-order valence-corrected chi connectivity index (χ3v) is 5.42. The van der Waals surface area contributed by atoms with Gasteiger partial charge < -0.3 is 15.1 Å². The van der Waals surface area contributed by atoms with Gasteiger partial charge in [0, 0.05) is 37.5 Å². The van der Waals surface area contributed by atoms with Gasteiger partial charge in [-0.1, -0.05) is 18.7 Å². The van der Waals surface area contributed by atoms with Crippen molar-refractivity contribution in [3.05, 3.63) is 47.7 Å². The number of aryl methyl sites for hydroxylation is 1. The number of amides is 2.